The van der Waals surface area contributed by atoms with E-state index in [1.54, 1.807) is 17.0 Å². The van der Waals surface area contributed by atoms with Crippen molar-refractivity contribution >= 4 is 22.0 Å². The molecule has 0 saturated carbocycles. The number of carbonyl (C=O) groups excluding carboxylic acids is 1. The number of nitriles is 1. The minimum atomic E-state index is -0.489. The highest BCUT2D eigenvalue weighted by atomic mass is 79.9. The molecule has 1 aliphatic rings. The summed E-state index contributed by atoms with van der Waals surface area (Å²) in [5.41, 5.74) is 0.0149. The summed E-state index contributed by atoms with van der Waals surface area (Å²) in [6.45, 7) is 7.39. The number of hydrogen-bond acceptors (Lipinski definition) is 4. The predicted molar refractivity (Wildman–Crippen MR) is 94.9 cm³/mol. The van der Waals surface area contributed by atoms with Crippen molar-refractivity contribution in [2.45, 2.75) is 39.2 Å². The highest BCUT2D eigenvalue weighted by Gasteiger charge is 2.28. The summed E-state index contributed by atoms with van der Waals surface area (Å²) in [7, 11) is 0. The second-order valence-electron chi connectivity index (χ2n) is 6.97. The Morgan fingerprint density at radius 3 is 2.88 bits per heavy atom. The zero-order valence-corrected chi connectivity index (χ0v) is 15.9. The summed E-state index contributed by atoms with van der Waals surface area (Å²) in [6.07, 6.45) is 1.64. The molecule has 1 fully saturated rings. The van der Waals surface area contributed by atoms with Crippen molar-refractivity contribution < 1.29 is 14.3 Å². The van der Waals surface area contributed by atoms with E-state index in [0.29, 0.717) is 31.0 Å². The van der Waals surface area contributed by atoms with Crippen molar-refractivity contribution in [1.82, 2.24) is 4.90 Å². The van der Waals surface area contributed by atoms with Crippen LogP contribution in [-0.4, -0.2) is 36.3 Å². The van der Waals surface area contributed by atoms with E-state index in [-0.39, 0.29) is 12.0 Å². The first kappa shape index (κ1) is 18.6. The summed E-state index contributed by atoms with van der Waals surface area (Å²) >= 11 is 3.42. The average Bonchev–Trinajstić information content (AvgIpc) is 2.52. The molecule has 0 aliphatic carbocycles. The number of para-hydroxylation sites is 1. The molecule has 130 valence electrons. The molecule has 1 heterocycles. The first-order valence-electron chi connectivity index (χ1n) is 8.09. The van der Waals surface area contributed by atoms with E-state index in [4.69, 9.17) is 9.47 Å². The first-order chi connectivity index (χ1) is 11.3. The van der Waals surface area contributed by atoms with Crippen LogP contribution < -0.4 is 4.74 Å². The number of piperidine rings is 1. The van der Waals surface area contributed by atoms with Crippen molar-refractivity contribution in [1.29, 1.82) is 5.26 Å². The molecule has 0 spiro atoms. The fourth-order valence-corrected chi connectivity index (χ4v) is 3.12. The Balaban J connectivity index is 1.95. The third-order valence-electron chi connectivity index (χ3n) is 3.72. The van der Waals surface area contributed by atoms with Crippen molar-refractivity contribution in [2.24, 2.45) is 5.92 Å². The van der Waals surface area contributed by atoms with Gasteiger partial charge >= 0.3 is 6.09 Å². The lowest BCUT2D eigenvalue weighted by atomic mass is 9.99. The second kappa shape index (κ2) is 7.89. The lowest BCUT2D eigenvalue weighted by Crippen LogP contribution is -2.44. The van der Waals surface area contributed by atoms with Gasteiger partial charge in [0, 0.05) is 19.0 Å². The largest absolute Gasteiger partial charge is 0.491 e. The minimum absolute atomic E-state index is 0.227. The number of nitrogens with zero attached hydrogens (tertiary/aromatic N) is 2. The maximum atomic E-state index is 12.2. The monoisotopic (exact) mass is 394 g/mol. The van der Waals surface area contributed by atoms with Crippen molar-refractivity contribution in [3.63, 3.8) is 0 Å². The second-order valence-corrected chi connectivity index (χ2v) is 7.83. The van der Waals surface area contributed by atoms with E-state index in [1.807, 2.05) is 26.8 Å². The van der Waals surface area contributed by atoms with Crippen LogP contribution in [0.15, 0.2) is 22.7 Å². The minimum Gasteiger partial charge on any atom is -0.491 e. The molecular formula is C18H23BrN2O3. The maximum Gasteiger partial charge on any atom is 0.410 e. The molecule has 2 rings (SSSR count). The molecular weight excluding hydrogens is 372 g/mol. The molecule has 1 atom stereocenters. The van der Waals surface area contributed by atoms with E-state index in [2.05, 4.69) is 22.0 Å². The Hall–Kier alpha value is -1.74. The number of ether oxygens (including phenoxy) is 2. The fraction of sp³-hybridized carbons (Fsp3) is 0.556. The molecule has 5 nitrogen and oxygen atoms in total. The van der Waals surface area contributed by atoms with Crippen LogP contribution >= 0.6 is 15.9 Å². The van der Waals surface area contributed by atoms with E-state index in [9.17, 15) is 10.1 Å². The molecule has 0 bridgehead atoms. The maximum absolute atomic E-state index is 12.2. The predicted octanol–water partition coefficient (Wildman–Crippen LogP) is 4.35. The first-order valence-corrected chi connectivity index (χ1v) is 8.89. The summed E-state index contributed by atoms with van der Waals surface area (Å²) in [5, 5.41) is 9.18. The van der Waals surface area contributed by atoms with Crippen molar-refractivity contribution in [3.05, 3.63) is 28.2 Å². The molecule has 1 saturated heterocycles. The Bertz CT molecular complexity index is 634. The van der Waals surface area contributed by atoms with Crippen LogP contribution in [0.3, 0.4) is 0 Å². The average molecular weight is 395 g/mol. The third kappa shape index (κ3) is 5.13. The lowest BCUT2D eigenvalue weighted by Gasteiger charge is -2.34. The number of rotatable bonds is 3. The quantitative estimate of drug-likeness (QED) is 0.764. The van der Waals surface area contributed by atoms with Crippen LogP contribution in [0.5, 0.6) is 5.75 Å². The molecule has 1 aromatic carbocycles. The van der Waals surface area contributed by atoms with Gasteiger partial charge in [-0.05, 0) is 61.7 Å². The van der Waals surface area contributed by atoms with Gasteiger partial charge in [0.2, 0.25) is 0 Å². The summed E-state index contributed by atoms with van der Waals surface area (Å²) in [5.74, 6) is 0.791. The van der Waals surface area contributed by atoms with Gasteiger partial charge in [-0.2, -0.15) is 5.26 Å². The van der Waals surface area contributed by atoms with Gasteiger partial charge in [0.05, 0.1) is 16.6 Å². The molecule has 1 aliphatic heterocycles. The highest BCUT2D eigenvalue weighted by molar-refractivity contribution is 9.10. The van der Waals surface area contributed by atoms with Crippen molar-refractivity contribution in [3.8, 4) is 11.8 Å². The van der Waals surface area contributed by atoms with Gasteiger partial charge in [0.15, 0.2) is 5.75 Å². The Labute approximate surface area is 151 Å². The van der Waals surface area contributed by atoms with E-state index >= 15 is 0 Å². The number of benzene rings is 1. The SMILES string of the molecule is CC(C)(C)OC(=O)N1CCCC(COc2c(Br)cccc2C#N)C1. The summed E-state index contributed by atoms with van der Waals surface area (Å²) < 4.78 is 12.1. The molecule has 1 amide bonds. The fourth-order valence-electron chi connectivity index (χ4n) is 2.64. The molecule has 0 radical (unpaired) electrons. The Morgan fingerprint density at radius 1 is 1.46 bits per heavy atom. The molecule has 1 aromatic rings. The number of carbonyl (C=O) groups is 1. The van der Waals surface area contributed by atoms with Gasteiger partial charge < -0.3 is 14.4 Å². The molecule has 24 heavy (non-hydrogen) atoms. The van der Waals surface area contributed by atoms with Crippen LogP contribution in [0.25, 0.3) is 0 Å². The topological polar surface area (TPSA) is 62.6 Å². The molecule has 1 unspecified atom stereocenters. The smallest absolute Gasteiger partial charge is 0.410 e. The van der Waals surface area contributed by atoms with Crippen molar-refractivity contribution in [2.75, 3.05) is 19.7 Å². The van der Waals surface area contributed by atoms with Gasteiger partial charge in [-0.3, -0.25) is 0 Å². The van der Waals surface area contributed by atoms with Crippen LogP contribution in [-0.2, 0) is 4.74 Å². The van der Waals surface area contributed by atoms with Crippen LogP contribution in [0.2, 0.25) is 0 Å². The zero-order chi connectivity index (χ0) is 17.7. The number of amides is 1. The van der Waals surface area contributed by atoms with E-state index in [1.165, 1.54) is 0 Å². The van der Waals surface area contributed by atoms with Crippen LogP contribution in [0, 0.1) is 17.2 Å². The van der Waals surface area contributed by atoms with Gasteiger partial charge in [-0.15, -0.1) is 0 Å². The molecule has 0 N–H and O–H groups in total. The summed E-state index contributed by atoms with van der Waals surface area (Å²) in [6, 6.07) is 7.52. The standard InChI is InChI=1S/C18H23BrN2O3/c1-18(2,3)24-17(22)21-9-5-6-13(11-21)12-23-16-14(10-20)7-4-8-15(16)19/h4,7-8,13H,5-6,9,11-12H2,1-3H3. The Morgan fingerprint density at radius 2 is 2.21 bits per heavy atom. The normalized spacial score (nSPS) is 18.0. The number of halogens is 1. The number of likely N-dealkylation sites (tertiary alicyclic amines) is 1. The Kier molecular flexibility index (Phi) is 6.11. The highest BCUT2D eigenvalue weighted by Crippen LogP contribution is 2.30. The van der Waals surface area contributed by atoms with Gasteiger partial charge in [0.1, 0.15) is 11.7 Å². The molecule has 0 aromatic heterocycles. The third-order valence-corrected chi connectivity index (χ3v) is 4.35. The van der Waals surface area contributed by atoms with Crippen LogP contribution in [0.4, 0.5) is 4.79 Å². The molecule has 6 heteroatoms. The summed E-state index contributed by atoms with van der Waals surface area (Å²) in [4.78, 5) is 13.9. The van der Waals surface area contributed by atoms with Gasteiger partial charge in [0.25, 0.3) is 0 Å². The van der Waals surface area contributed by atoms with E-state index in [0.717, 1.165) is 17.3 Å². The van der Waals surface area contributed by atoms with Gasteiger partial charge in [-0.1, -0.05) is 6.07 Å². The van der Waals surface area contributed by atoms with Crippen LogP contribution in [0.1, 0.15) is 39.2 Å². The van der Waals surface area contributed by atoms with E-state index < -0.39 is 5.60 Å². The zero-order valence-electron chi connectivity index (χ0n) is 14.3. The van der Waals surface area contributed by atoms with Gasteiger partial charge in [-0.25, -0.2) is 4.79 Å². The number of hydrogen-bond donors (Lipinski definition) is 0. The lowest BCUT2D eigenvalue weighted by molar-refractivity contribution is 0.0139.